The van der Waals surface area contributed by atoms with Crippen LogP contribution in [0.5, 0.6) is 0 Å². The molecule has 0 radical (unpaired) electrons. The van der Waals surface area contributed by atoms with E-state index in [1.54, 1.807) is 30.3 Å². The predicted molar refractivity (Wildman–Crippen MR) is 115 cm³/mol. The zero-order valence-electron chi connectivity index (χ0n) is 16.8. The van der Waals surface area contributed by atoms with Gasteiger partial charge in [0.1, 0.15) is 5.69 Å². The van der Waals surface area contributed by atoms with Gasteiger partial charge < -0.3 is 16.0 Å². The van der Waals surface area contributed by atoms with Crippen LogP contribution in [0.2, 0.25) is 0 Å². The summed E-state index contributed by atoms with van der Waals surface area (Å²) in [6.45, 7) is 7.24. The number of nitrogens with one attached hydrogen (secondary N) is 3. The average molecular weight is 389 g/mol. The number of aryl methyl sites for hydroxylation is 3. The first-order valence-electron chi connectivity index (χ1n) is 9.19. The molecule has 0 unspecified atom stereocenters. The highest BCUT2D eigenvalue weighted by molar-refractivity contribution is 6.03. The average Bonchev–Trinajstić information content (AvgIpc) is 2.64. The van der Waals surface area contributed by atoms with E-state index < -0.39 is 0 Å². The van der Waals surface area contributed by atoms with Crippen LogP contribution in [-0.2, 0) is 4.79 Å². The fourth-order valence-corrected chi connectivity index (χ4v) is 2.80. The first-order chi connectivity index (χ1) is 13.8. The van der Waals surface area contributed by atoms with Crippen LogP contribution < -0.4 is 16.0 Å². The Labute approximate surface area is 169 Å². The molecule has 0 bridgehead atoms. The summed E-state index contributed by atoms with van der Waals surface area (Å²) in [5.74, 6) is -0.183. The van der Waals surface area contributed by atoms with Gasteiger partial charge in [0.15, 0.2) is 0 Å². The van der Waals surface area contributed by atoms with E-state index >= 15 is 0 Å². The van der Waals surface area contributed by atoms with Crippen LogP contribution >= 0.6 is 0 Å². The number of carbonyl (C=O) groups excluding carboxylic acids is 2. The van der Waals surface area contributed by atoms with Gasteiger partial charge in [-0.05, 0) is 62.2 Å². The highest BCUT2D eigenvalue weighted by atomic mass is 16.2. The molecule has 0 aliphatic heterocycles. The number of benzene rings is 2. The maximum absolute atomic E-state index is 12.7. The molecule has 0 aliphatic carbocycles. The Morgan fingerprint density at radius 2 is 1.59 bits per heavy atom. The van der Waals surface area contributed by atoms with Gasteiger partial charge in [0.25, 0.3) is 5.91 Å². The largest absolute Gasteiger partial charge is 0.326 e. The van der Waals surface area contributed by atoms with E-state index in [2.05, 4.69) is 25.9 Å². The van der Waals surface area contributed by atoms with Gasteiger partial charge in [-0.2, -0.15) is 0 Å². The monoisotopic (exact) mass is 389 g/mol. The lowest BCUT2D eigenvalue weighted by Gasteiger charge is -2.12. The zero-order valence-corrected chi connectivity index (χ0v) is 16.8. The molecular weight excluding hydrogens is 366 g/mol. The minimum atomic E-state index is -0.362. The molecule has 2 aromatic carbocycles. The van der Waals surface area contributed by atoms with E-state index in [9.17, 15) is 9.59 Å². The van der Waals surface area contributed by atoms with Crippen molar-refractivity contribution in [3.63, 3.8) is 0 Å². The zero-order chi connectivity index (χ0) is 21.0. The maximum Gasteiger partial charge on any atom is 0.274 e. The van der Waals surface area contributed by atoms with Crippen molar-refractivity contribution in [2.45, 2.75) is 27.7 Å². The second-order valence-corrected chi connectivity index (χ2v) is 6.88. The Hall–Kier alpha value is -3.74. The van der Waals surface area contributed by atoms with E-state index in [4.69, 9.17) is 0 Å². The number of anilines is 4. The van der Waals surface area contributed by atoms with Crippen molar-refractivity contribution in [2.24, 2.45) is 0 Å². The molecule has 148 valence electrons. The molecule has 3 N–H and O–H groups in total. The van der Waals surface area contributed by atoms with E-state index in [1.807, 2.05) is 39.0 Å². The lowest BCUT2D eigenvalue weighted by molar-refractivity contribution is -0.114. The summed E-state index contributed by atoms with van der Waals surface area (Å²) in [7, 11) is 0. The molecule has 0 fully saturated rings. The van der Waals surface area contributed by atoms with Gasteiger partial charge in [-0.3, -0.25) is 9.59 Å². The summed E-state index contributed by atoms with van der Waals surface area (Å²) < 4.78 is 0. The van der Waals surface area contributed by atoms with Gasteiger partial charge in [-0.25, -0.2) is 9.97 Å². The molecule has 0 saturated heterocycles. The van der Waals surface area contributed by atoms with Gasteiger partial charge >= 0.3 is 0 Å². The van der Waals surface area contributed by atoms with Crippen LogP contribution in [0.3, 0.4) is 0 Å². The van der Waals surface area contributed by atoms with Crippen molar-refractivity contribution in [1.29, 1.82) is 0 Å². The lowest BCUT2D eigenvalue weighted by atomic mass is 10.1. The number of hydrogen-bond acceptors (Lipinski definition) is 5. The molecule has 7 nitrogen and oxygen atoms in total. The summed E-state index contributed by atoms with van der Waals surface area (Å²) in [5, 5.41) is 8.68. The molecule has 0 saturated carbocycles. The summed E-state index contributed by atoms with van der Waals surface area (Å²) in [6, 6.07) is 14.6. The standard InChI is InChI=1S/C22H23N5O2/c1-13-8-9-14(2)19(10-13)26-22-23-15(3)11-20(27-22)21(29)25-18-7-5-6-17(12-18)24-16(4)28/h5-12H,1-4H3,(H,24,28)(H,25,29)(H,23,26,27). The number of hydrogen-bond donors (Lipinski definition) is 3. The summed E-state index contributed by atoms with van der Waals surface area (Å²) in [5.41, 5.74) is 5.14. The fourth-order valence-electron chi connectivity index (χ4n) is 2.80. The van der Waals surface area contributed by atoms with E-state index in [0.717, 1.165) is 16.8 Å². The molecule has 0 atom stereocenters. The Balaban J connectivity index is 1.81. The molecule has 0 aliphatic rings. The minimum Gasteiger partial charge on any atom is -0.326 e. The van der Waals surface area contributed by atoms with Gasteiger partial charge in [0, 0.05) is 29.7 Å². The normalized spacial score (nSPS) is 10.3. The SMILES string of the molecule is CC(=O)Nc1cccc(NC(=O)c2cc(C)nc(Nc3cc(C)ccc3C)n2)c1. The molecule has 3 aromatic rings. The van der Waals surface area contributed by atoms with Crippen LogP contribution in [0.25, 0.3) is 0 Å². The first-order valence-corrected chi connectivity index (χ1v) is 9.19. The number of amides is 2. The van der Waals surface area contributed by atoms with Crippen molar-refractivity contribution >= 4 is 34.8 Å². The Morgan fingerprint density at radius 3 is 2.31 bits per heavy atom. The van der Waals surface area contributed by atoms with E-state index in [1.165, 1.54) is 6.92 Å². The van der Waals surface area contributed by atoms with E-state index in [-0.39, 0.29) is 17.5 Å². The number of carbonyl (C=O) groups is 2. The maximum atomic E-state index is 12.7. The molecule has 1 aromatic heterocycles. The number of aromatic nitrogens is 2. The second kappa shape index (κ2) is 8.52. The van der Waals surface area contributed by atoms with Gasteiger partial charge in [0.2, 0.25) is 11.9 Å². The summed E-state index contributed by atoms with van der Waals surface area (Å²) in [4.78, 5) is 32.7. The van der Waals surface area contributed by atoms with Crippen molar-refractivity contribution in [3.05, 3.63) is 71.0 Å². The minimum absolute atomic E-state index is 0.179. The molecule has 1 heterocycles. The topological polar surface area (TPSA) is 96.0 Å². The van der Waals surface area contributed by atoms with Gasteiger partial charge in [-0.15, -0.1) is 0 Å². The van der Waals surface area contributed by atoms with Crippen molar-refractivity contribution < 1.29 is 9.59 Å². The highest BCUT2D eigenvalue weighted by Gasteiger charge is 2.12. The number of rotatable bonds is 5. The Morgan fingerprint density at radius 1 is 0.862 bits per heavy atom. The highest BCUT2D eigenvalue weighted by Crippen LogP contribution is 2.21. The van der Waals surface area contributed by atoms with Crippen LogP contribution in [0.4, 0.5) is 23.0 Å². The fraction of sp³-hybridized carbons (Fsp3) is 0.182. The smallest absolute Gasteiger partial charge is 0.274 e. The first kappa shape index (κ1) is 20.0. The van der Waals surface area contributed by atoms with Crippen LogP contribution in [0, 0.1) is 20.8 Å². The molecule has 7 heteroatoms. The van der Waals surface area contributed by atoms with Crippen LogP contribution in [0.15, 0.2) is 48.5 Å². The summed E-state index contributed by atoms with van der Waals surface area (Å²) in [6.07, 6.45) is 0. The van der Waals surface area contributed by atoms with Crippen molar-refractivity contribution in [3.8, 4) is 0 Å². The van der Waals surface area contributed by atoms with E-state index in [0.29, 0.717) is 23.0 Å². The van der Waals surface area contributed by atoms with Crippen LogP contribution in [0.1, 0.15) is 34.2 Å². The van der Waals surface area contributed by atoms with Crippen molar-refractivity contribution in [1.82, 2.24) is 9.97 Å². The third kappa shape index (κ3) is 5.38. The van der Waals surface area contributed by atoms with Gasteiger partial charge in [-0.1, -0.05) is 18.2 Å². The van der Waals surface area contributed by atoms with Crippen LogP contribution in [-0.4, -0.2) is 21.8 Å². The molecule has 29 heavy (non-hydrogen) atoms. The predicted octanol–water partition coefficient (Wildman–Crippen LogP) is 4.36. The summed E-state index contributed by atoms with van der Waals surface area (Å²) >= 11 is 0. The molecule has 2 amide bonds. The third-order valence-electron chi connectivity index (χ3n) is 4.17. The third-order valence-corrected chi connectivity index (χ3v) is 4.17. The Kier molecular flexibility index (Phi) is 5.87. The van der Waals surface area contributed by atoms with Gasteiger partial charge in [0.05, 0.1) is 0 Å². The molecule has 3 rings (SSSR count). The quantitative estimate of drug-likeness (QED) is 0.603. The Bertz CT molecular complexity index is 1080. The van der Waals surface area contributed by atoms with Crippen molar-refractivity contribution in [2.75, 3.05) is 16.0 Å². The second-order valence-electron chi connectivity index (χ2n) is 6.88. The molecular formula is C22H23N5O2. The molecule has 0 spiro atoms. The lowest BCUT2D eigenvalue weighted by Crippen LogP contribution is -2.16. The number of nitrogens with zero attached hydrogens (tertiary/aromatic N) is 2.